The van der Waals surface area contributed by atoms with Crippen molar-refractivity contribution in [3.8, 4) is 17.1 Å². The molecule has 0 aliphatic heterocycles. The van der Waals surface area contributed by atoms with E-state index in [2.05, 4.69) is 15.6 Å². The van der Waals surface area contributed by atoms with Crippen LogP contribution in [-0.2, 0) is 6.54 Å². The molecule has 0 saturated heterocycles. The molecule has 0 amide bonds. The quantitative estimate of drug-likeness (QED) is 0.786. The fourth-order valence-electron chi connectivity index (χ4n) is 2.53. The second-order valence-corrected chi connectivity index (χ2v) is 5.31. The molecular weight excluding hydrogens is 276 g/mol. The molecule has 0 atom stereocenters. The van der Waals surface area contributed by atoms with Gasteiger partial charge >= 0.3 is 0 Å². The van der Waals surface area contributed by atoms with E-state index < -0.39 is 0 Å². The summed E-state index contributed by atoms with van der Waals surface area (Å²) < 4.78 is 7.36. The molecule has 1 aromatic carbocycles. The number of nitrogens with two attached hydrogens (primary N) is 1. The van der Waals surface area contributed by atoms with Crippen LogP contribution in [0.5, 0.6) is 5.75 Å². The summed E-state index contributed by atoms with van der Waals surface area (Å²) in [5.74, 6) is 1.76. The third kappa shape index (κ3) is 2.67. The van der Waals surface area contributed by atoms with E-state index in [1.54, 1.807) is 7.11 Å². The number of benzene rings is 1. The summed E-state index contributed by atoms with van der Waals surface area (Å²) in [7, 11) is 1.66. The minimum absolute atomic E-state index is 0.646. The van der Waals surface area contributed by atoms with E-state index in [0.717, 1.165) is 46.8 Å². The Kier molecular flexibility index (Phi) is 4.06. The van der Waals surface area contributed by atoms with Crippen LogP contribution in [0, 0.1) is 6.92 Å². The van der Waals surface area contributed by atoms with E-state index in [0.29, 0.717) is 6.54 Å². The third-order valence-corrected chi connectivity index (χ3v) is 3.66. The Labute approximate surface area is 129 Å². The number of aryl methyl sites for hydroxylation is 2. The first-order chi connectivity index (χ1) is 10.7. The molecule has 2 heterocycles. The number of ether oxygens (including phenoxy) is 1. The van der Waals surface area contributed by atoms with Crippen molar-refractivity contribution in [3.63, 3.8) is 0 Å². The van der Waals surface area contributed by atoms with Gasteiger partial charge in [-0.3, -0.25) is 0 Å². The van der Waals surface area contributed by atoms with Gasteiger partial charge in [0.05, 0.1) is 7.11 Å². The number of pyridine rings is 1. The minimum atomic E-state index is 0.646. The average Bonchev–Trinajstić information content (AvgIpc) is 2.90. The second-order valence-electron chi connectivity index (χ2n) is 5.31. The Balaban J connectivity index is 2.13. The first-order valence-corrected chi connectivity index (χ1v) is 7.40. The number of rotatable bonds is 5. The maximum absolute atomic E-state index is 5.67. The smallest absolute Gasteiger partial charge is 0.160 e. The van der Waals surface area contributed by atoms with Crippen molar-refractivity contribution in [2.75, 3.05) is 13.7 Å². The monoisotopic (exact) mass is 296 g/mol. The van der Waals surface area contributed by atoms with E-state index in [9.17, 15) is 0 Å². The Hall–Kier alpha value is -2.40. The number of imidazole rings is 1. The van der Waals surface area contributed by atoms with Gasteiger partial charge in [0.15, 0.2) is 5.65 Å². The Morgan fingerprint density at radius 3 is 2.68 bits per heavy atom. The Morgan fingerprint density at radius 1 is 1.23 bits per heavy atom. The van der Waals surface area contributed by atoms with Gasteiger partial charge in [-0.05, 0) is 55.8 Å². The predicted octanol–water partition coefficient (Wildman–Crippen LogP) is 2.76. The molecule has 0 bridgehead atoms. The van der Waals surface area contributed by atoms with Crippen LogP contribution in [0.4, 0.5) is 0 Å². The number of nitrogens with zero attached hydrogens (tertiary/aromatic N) is 3. The highest BCUT2D eigenvalue weighted by Gasteiger charge is 2.13. The van der Waals surface area contributed by atoms with E-state index in [1.807, 2.05) is 37.4 Å². The largest absolute Gasteiger partial charge is 0.497 e. The first kappa shape index (κ1) is 14.5. The minimum Gasteiger partial charge on any atom is -0.497 e. The molecule has 2 aromatic heterocycles. The summed E-state index contributed by atoms with van der Waals surface area (Å²) in [4.78, 5) is 9.32. The highest BCUT2D eigenvalue weighted by Crippen LogP contribution is 2.26. The lowest BCUT2D eigenvalue weighted by atomic mass is 10.2. The fourth-order valence-corrected chi connectivity index (χ4v) is 2.53. The molecule has 0 unspecified atom stereocenters. The summed E-state index contributed by atoms with van der Waals surface area (Å²) in [6, 6.07) is 9.99. The van der Waals surface area contributed by atoms with Gasteiger partial charge in [-0.1, -0.05) is 0 Å². The van der Waals surface area contributed by atoms with Crippen LogP contribution in [0.15, 0.2) is 36.5 Å². The normalized spacial score (nSPS) is 11.0. The zero-order valence-corrected chi connectivity index (χ0v) is 12.9. The lowest BCUT2D eigenvalue weighted by molar-refractivity contribution is 0.415. The maximum Gasteiger partial charge on any atom is 0.160 e. The van der Waals surface area contributed by atoms with Gasteiger partial charge in [0.1, 0.15) is 17.1 Å². The molecule has 0 saturated carbocycles. The summed E-state index contributed by atoms with van der Waals surface area (Å²) in [6.45, 7) is 3.48. The topological polar surface area (TPSA) is 66.0 Å². The number of methoxy groups -OCH3 is 1. The highest BCUT2D eigenvalue weighted by molar-refractivity contribution is 5.77. The molecule has 2 N–H and O–H groups in total. The first-order valence-electron chi connectivity index (χ1n) is 7.40. The molecule has 0 aliphatic carbocycles. The van der Waals surface area contributed by atoms with Crippen molar-refractivity contribution in [2.45, 2.75) is 19.9 Å². The maximum atomic E-state index is 5.67. The van der Waals surface area contributed by atoms with Crippen molar-refractivity contribution in [2.24, 2.45) is 5.73 Å². The number of hydrogen-bond donors (Lipinski definition) is 1. The lowest BCUT2D eigenvalue weighted by Gasteiger charge is -2.08. The third-order valence-electron chi connectivity index (χ3n) is 3.66. The van der Waals surface area contributed by atoms with Gasteiger partial charge < -0.3 is 15.0 Å². The van der Waals surface area contributed by atoms with Gasteiger partial charge in [-0.15, -0.1) is 0 Å². The SMILES string of the molecule is COc1ccc(-c2nc3cc(C)cnc3n2CCCN)cc1. The van der Waals surface area contributed by atoms with Gasteiger partial charge in [-0.2, -0.15) is 0 Å². The average molecular weight is 296 g/mol. The van der Waals surface area contributed by atoms with E-state index in [1.165, 1.54) is 0 Å². The van der Waals surface area contributed by atoms with Gasteiger partial charge in [0.25, 0.3) is 0 Å². The van der Waals surface area contributed by atoms with Crippen LogP contribution >= 0.6 is 0 Å². The van der Waals surface area contributed by atoms with Crippen LogP contribution in [0.25, 0.3) is 22.6 Å². The van der Waals surface area contributed by atoms with Crippen molar-refractivity contribution in [3.05, 3.63) is 42.1 Å². The van der Waals surface area contributed by atoms with Gasteiger partial charge in [0.2, 0.25) is 0 Å². The summed E-state index contributed by atoms with van der Waals surface area (Å²) >= 11 is 0. The van der Waals surface area contributed by atoms with Crippen molar-refractivity contribution in [1.29, 1.82) is 0 Å². The summed E-state index contributed by atoms with van der Waals surface area (Å²) in [6.07, 6.45) is 2.77. The van der Waals surface area contributed by atoms with Crippen LogP contribution in [0.2, 0.25) is 0 Å². The predicted molar refractivity (Wildman–Crippen MR) is 87.9 cm³/mol. The molecule has 3 aromatic rings. The van der Waals surface area contributed by atoms with E-state index in [4.69, 9.17) is 15.5 Å². The number of hydrogen-bond acceptors (Lipinski definition) is 4. The molecule has 0 fully saturated rings. The molecule has 114 valence electrons. The van der Waals surface area contributed by atoms with E-state index in [-0.39, 0.29) is 0 Å². The van der Waals surface area contributed by atoms with Crippen molar-refractivity contribution < 1.29 is 4.74 Å². The van der Waals surface area contributed by atoms with Crippen molar-refractivity contribution >= 4 is 11.2 Å². The van der Waals surface area contributed by atoms with Crippen molar-refractivity contribution in [1.82, 2.24) is 14.5 Å². The second kappa shape index (κ2) is 6.15. The van der Waals surface area contributed by atoms with E-state index >= 15 is 0 Å². The number of fused-ring (bicyclic) bond motifs is 1. The highest BCUT2D eigenvalue weighted by atomic mass is 16.5. The molecule has 5 heteroatoms. The number of aromatic nitrogens is 3. The van der Waals surface area contributed by atoms with Crippen LogP contribution in [0.1, 0.15) is 12.0 Å². The molecular formula is C17H20N4O. The fraction of sp³-hybridized carbons (Fsp3) is 0.294. The zero-order valence-electron chi connectivity index (χ0n) is 12.9. The van der Waals surface area contributed by atoms with Crippen LogP contribution in [0.3, 0.4) is 0 Å². The molecule has 22 heavy (non-hydrogen) atoms. The van der Waals surface area contributed by atoms with Crippen LogP contribution in [-0.4, -0.2) is 28.2 Å². The Morgan fingerprint density at radius 2 is 2.00 bits per heavy atom. The Bertz CT molecular complexity index is 777. The molecule has 3 rings (SSSR count). The standard InChI is InChI=1S/C17H20N4O/c1-12-10-15-17(19-11-12)21(9-3-8-18)16(20-15)13-4-6-14(22-2)7-5-13/h4-7,10-11H,3,8-9,18H2,1-2H3. The molecule has 0 spiro atoms. The van der Waals surface area contributed by atoms with Crippen LogP contribution < -0.4 is 10.5 Å². The molecule has 0 aliphatic rings. The lowest BCUT2D eigenvalue weighted by Crippen LogP contribution is -2.07. The molecule has 0 radical (unpaired) electrons. The summed E-state index contributed by atoms with van der Waals surface area (Å²) in [5, 5.41) is 0. The van der Waals surface area contributed by atoms with Gasteiger partial charge in [0, 0.05) is 18.3 Å². The zero-order chi connectivity index (χ0) is 15.5. The summed E-state index contributed by atoms with van der Waals surface area (Å²) in [5.41, 5.74) is 9.65. The van der Waals surface area contributed by atoms with Gasteiger partial charge in [-0.25, -0.2) is 9.97 Å². The molecule has 5 nitrogen and oxygen atoms in total.